The van der Waals surface area contributed by atoms with Crippen LogP contribution in [-0.4, -0.2) is 12.5 Å². The fourth-order valence-electron chi connectivity index (χ4n) is 1.78. The average molecular weight is 293 g/mol. The zero-order valence-corrected chi connectivity index (χ0v) is 11.5. The van der Waals surface area contributed by atoms with E-state index in [9.17, 15) is 9.18 Å². The summed E-state index contributed by atoms with van der Waals surface area (Å²) in [5.74, 6) is -0.512. The first-order chi connectivity index (χ1) is 9.56. The molecule has 0 aliphatic carbocycles. The molecule has 2 aromatic rings. The second kappa shape index (κ2) is 6.39. The monoisotopic (exact) mass is 292 g/mol. The fraction of sp³-hybridized carbons (Fsp3) is 0.133. The van der Waals surface area contributed by atoms with Crippen molar-refractivity contribution in [1.29, 1.82) is 0 Å². The molecule has 0 aromatic heterocycles. The van der Waals surface area contributed by atoms with Crippen LogP contribution < -0.4 is 11.1 Å². The number of carbonyl (C=O) groups excluding carboxylic acids is 1. The van der Waals surface area contributed by atoms with Gasteiger partial charge in [0, 0.05) is 12.1 Å². The first kappa shape index (κ1) is 14.3. The predicted octanol–water partition coefficient (Wildman–Crippen LogP) is 3.03. The molecule has 0 aliphatic rings. The van der Waals surface area contributed by atoms with Gasteiger partial charge in [0.1, 0.15) is 5.82 Å². The van der Waals surface area contributed by atoms with Crippen LogP contribution in [0.5, 0.6) is 0 Å². The largest absolute Gasteiger partial charge is 0.398 e. The summed E-state index contributed by atoms with van der Waals surface area (Å²) < 4.78 is 13.0. The van der Waals surface area contributed by atoms with E-state index in [0.29, 0.717) is 29.2 Å². The molecular formula is C15H14ClFN2O. The summed E-state index contributed by atoms with van der Waals surface area (Å²) >= 11 is 5.86. The van der Waals surface area contributed by atoms with Gasteiger partial charge in [-0.05, 0) is 42.3 Å². The predicted molar refractivity (Wildman–Crippen MR) is 78.3 cm³/mol. The van der Waals surface area contributed by atoms with Crippen LogP contribution in [-0.2, 0) is 6.42 Å². The molecular weight excluding hydrogens is 279 g/mol. The van der Waals surface area contributed by atoms with Crippen molar-refractivity contribution in [3.05, 3.63) is 64.4 Å². The second-order valence-corrected chi connectivity index (χ2v) is 4.78. The Balaban J connectivity index is 1.90. The van der Waals surface area contributed by atoms with Crippen LogP contribution in [0.2, 0.25) is 5.02 Å². The van der Waals surface area contributed by atoms with Gasteiger partial charge >= 0.3 is 0 Å². The Kier molecular flexibility index (Phi) is 4.58. The molecule has 1 amide bonds. The number of hydrogen-bond donors (Lipinski definition) is 2. The number of anilines is 1. The number of carbonyl (C=O) groups is 1. The molecule has 20 heavy (non-hydrogen) atoms. The maximum Gasteiger partial charge on any atom is 0.251 e. The van der Waals surface area contributed by atoms with Crippen molar-refractivity contribution in [2.45, 2.75) is 6.42 Å². The molecule has 0 saturated carbocycles. The Hall–Kier alpha value is -2.07. The van der Waals surface area contributed by atoms with E-state index in [1.807, 2.05) is 6.07 Å². The molecule has 2 aromatic carbocycles. The van der Waals surface area contributed by atoms with Gasteiger partial charge in [-0.25, -0.2) is 4.39 Å². The lowest BCUT2D eigenvalue weighted by Gasteiger charge is -2.07. The maximum absolute atomic E-state index is 13.0. The lowest BCUT2D eigenvalue weighted by molar-refractivity contribution is 0.0954. The molecule has 2 rings (SSSR count). The smallest absolute Gasteiger partial charge is 0.251 e. The second-order valence-electron chi connectivity index (χ2n) is 4.37. The third-order valence-corrected chi connectivity index (χ3v) is 3.18. The van der Waals surface area contributed by atoms with Crippen LogP contribution in [0.15, 0.2) is 42.5 Å². The zero-order chi connectivity index (χ0) is 14.5. The first-order valence-electron chi connectivity index (χ1n) is 6.14. The first-order valence-corrected chi connectivity index (χ1v) is 6.52. The molecule has 0 spiro atoms. The minimum Gasteiger partial charge on any atom is -0.398 e. The van der Waals surface area contributed by atoms with E-state index < -0.39 is 0 Å². The number of halogens is 2. The zero-order valence-electron chi connectivity index (χ0n) is 10.7. The van der Waals surface area contributed by atoms with Crippen LogP contribution in [0.25, 0.3) is 0 Å². The van der Waals surface area contributed by atoms with Crippen molar-refractivity contribution < 1.29 is 9.18 Å². The van der Waals surface area contributed by atoms with Crippen LogP contribution >= 0.6 is 11.6 Å². The van der Waals surface area contributed by atoms with E-state index in [1.54, 1.807) is 18.2 Å². The fourth-order valence-corrected chi connectivity index (χ4v) is 1.96. The molecule has 3 N–H and O–H groups in total. The minimum absolute atomic E-state index is 0.233. The van der Waals surface area contributed by atoms with E-state index in [-0.39, 0.29) is 11.7 Å². The Morgan fingerprint density at radius 3 is 2.75 bits per heavy atom. The van der Waals surface area contributed by atoms with Crippen molar-refractivity contribution in [3.63, 3.8) is 0 Å². The summed E-state index contributed by atoms with van der Waals surface area (Å²) in [5, 5.41) is 3.10. The highest BCUT2D eigenvalue weighted by Crippen LogP contribution is 2.19. The number of nitrogens with one attached hydrogen (secondary N) is 1. The summed E-state index contributed by atoms with van der Waals surface area (Å²) in [6.45, 7) is 0.421. The molecule has 104 valence electrons. The van der Waals surface area contributed by atoms with Gasteiger partial charge in [0.15, 0.2) is 0 Å². The molecule has 3 nitrogen and oxygen atoms in total. The van der Waals surface area contributed by atoms with E-state index in [1.165, 1.54) is 18.2 Å². The SMILES string of the molecule is Nc1ccc(C(=O)NCCc2cccc(F)c2)cc1Cl. The summed E-state index contributed by atoms with van der Waals surface area (Å²) in [7, 11) is 0. The number of nitrogens with two attached hydrogens (primary N) is 1. The molecule has 0 aliphatic heterocycles. The van der Waals surface area contributed by atoms with Crippen molar-refractivity contribution in [3.8, 4) is 0 Å². The van der Waals surface area contributed by atoms with Gasteiger partial charge in [0.25, 0.3) is 5.91 Å². The van der Waals surface area contributed by atoms with Crippen LogP contribution in [0.4, 0.5) is 10.1 Å². The molecule has 5 heteroatoms. The summed E-state index contributed by atoms with van der Waals surface area (Å²) in [6.07, 6.45) is 0.562. The topological polar surface area (TPSA) is 55.1 Å². The Labute approximate surface area is 121 Å². The van der Waals surface area contributed by atoms with E-state index >= 15 is 0 Å². The van der Waals surface area contributed by atoms with Gasteiger partial charge in [-0.15, -0.1) is 0 Å². The minimum atomic E-state index is -0.279. The van der Waals surface area contributed by atoms with Gasteiger partial charge in [-0.1, -0.05) is 23.7 Å². The van der Waals surface area contributed by atoms with Crippen molar-refractivity contribution in [2.75, 3.05) is 12.3 Å². The number of amides is 1. The van der Waals surface area contributed by atoms with Gasteiger partial charge in [-0.2, -0.15) is 0 Å². The van der Waals surface area contributed by atoms with E-state index in [4.69, 9.17) is 17.3 Å². The van der Waals surface area contributed by atoms with E-state index in [2.05, 4.69) is 5.32 Å². The van der Waals surface area contributed by atoms with Crippen LogP contribution in [0.1, 0.15) is 15.9 Å². The quantitative estimate of drug-likeness (QED) is 0.851. The standard InChI is InChI=1S/C15H14ClFN2O/c16-13-9-11(4-5-14(13)18)15(20)19-7-6-10-2-1-3-12(17)8-10/h1-5,8-9H,6-7,18H2,(H,19,20). The van der Waals surface area contributed by atoms with Crippen LogP contribution in [0.3, 0.4) is 0 Å². The number of nitrogen functional groups attached to an aromatic ring is 1. The maximum atomic E-state index is 13.0. The Bertz CT molecular complexity index is 631. The summed E-state index contributed by atoms with van der Waals surface area (Å²) in [6, 6.07) is 11.0. The average Bonchev–Trinajstić information content (AvgIpc) is 2.42. The van der Waals surface area contributed by atoms with E-state index in [0.717, 1.165) is 5.56 Å². The third kappa shape index (κ3) is 3.71. The summed E-state index contributed by atoms with van der Waals surface area (Å²) in [4.78, 5) is 11.9. The summed E-state index contributed by atoms with van der Waals surface area (Å²) in [5.41, 5.74) is 7.29. The molecule has 0 saturated heterocycles. The van der Waals surface area contributed by atoms with Crippen molar-refractivity contribution in [2.24, 2.45) is 0 Å². The number of hydrogen-bond acceptors (Lipinski definition) is 2. The number of benzene rings is 2. The highest BCUT2D eigenvalue weighted by molar-refractivity contribution is 6.33. The molecule has 0 atom stereocenters. The van der Waals surface area contributed by atoms with Crippen molar-refractivity contribution in [1.82, 2.24) is 5.32 Å². The van der Waals surface area contributed by atoms with Gasteiger partial charge in [-0.3, -0.25) is 4.79 Å². The Morgan fingerprint density at radius 1 is 1.25 bits per heavy atom. The Morgan fingerprint density at radius 2 is 2.05 bits per heavy atom. The highest BCUT2D eigenvalue weighted by Gasteiger charge is 2.07. The van der Waals surface area contributed by atoms with Crippen LogP contribution in [0, 0.1) is 5.82 Å². The molecule has 0 bridgehead atoms. The molecule has 0 unspecified atom stereocenters. The molecule has 0 fully saturated rings. The number of rotatable bonds is 4. The molecule has 0 radical (unpaired) electrons. The van der Waals surface area contributed by atoms with Gasteiger partial charge in [0.05, 0.1) is 10.7 Å². The van der Waals surface area contributed by atoms with Gasteiger partial charge in [0.2, 0.25) is 0 Å². The lowest BCUT2D eigenvalue weighted by atomic mass is 10.1. The third-order valence-electron chi connectivity index (χ3n) is 2.85. The lowest BCUT2D eigenvalue weighted by Crippen LogP contribution is -2.25. The highest BCUT2D eigenvalue weighted by atomic mass is 35.5. The van der Waals surface area contributed by atoms with Gasteiger partial charge < -0.3 is 11.1 Å². The normalized spacial score (nSPS) is 10.3. The molecule has 0 heterocycles. The van der Waals surface area contributed by atoms with Crippen molar-refractivity contribution >= 4 is 23.2 Å².